The molecule has 48 heavy (non-hydrogen) atoms. The van der Waals surface area contributed by atoms with Crippen molar-refractivity contribution in [3.05, 3.63) is 133 Å². The summed E-state index contributed by atoms with van der Waals surface area (Å²) in [5.41, 5.74) is 10.9. The van der Waals surface area contributed by atoms with Crippen LogP contribution in [0.4, 0.5) is 0 Å². The van der Waals surface area contributed by atoms with Crippen molar-refractivity contribution in [2.75, 3.05) is 0 Å². The van der Waals surface area contributed by atoms with Gasteiger partial charge in [-0.05, 0) is 53.9 Å². The minimum atomic E-state index is -0.144. The van der Waals surface area contributed by atoms with Gasteiger partial charge >= 0.3 is 0 Å². The third-order valence-corrected chi connectivity index (χ3v) is 10.0. The number of pyridine rings is 2. The molecule has 1 N–H and O–H groups in total. The van der Waals surface area contributed by atoms with Gasteiger partial charge in [-0.25, -0.2) is 0 Å². The smallest absolute Gasteiger partial charge is 0.125 e. The van der Waals surface area contributed by atoms with Crippen molar-refractivity contribution in [1.29, 1.82) is 0 Å². The standard InChI is InChI=1S/C43H38N3O.Pt/c1-3-5-23-43(24-6-4-2)34-16-13-20-40(47)41(34)42-35(43)21-22-37(45-42)30-26-29(36-17-11-12-25-44-36)27-31(28-30)46-38-18-9-7-14-32(38)33-15-8-10-19-39(33)46;/h7-22,25,27-28,47H,3-6,23-24H2,1-2H3;/q-1;. The maximum atomic E-state index is 11.3. The molecule has 0 bridgehead atoms. The Morgan fingerprint density at radius 1 is 0.688 bits per heavy atom. The van der Waals surface area contributed by atoms with Crippen LogP contribution < -0.4 is 0 Å². The summed E-state index contributed by atoms with van der Waals surface area (Å²) in [6.45, 7) is 4.51. The number of nitrogens with zero attached hydrogens (tertiary/aromatic N) is 3. The summed E-state index contributed by atoms with van der Waals surface area (Å²) in [5.74, 6) is 0.306. The van der Waals surface area contributed by atoms with Crippen LogP contribution in [0.1, 0.15) is 63.5 Å². The Hall–Kier alpha value is -4.53. The molecule has 3 heterocycles. The molecule has 0 unspecified atom stereocenters. The first kappa shape index (κ1) is 32.0. The average Bonchev–Trinajstić information content (AvgIpc) is 3.61. The Morgan fingerprint density at radius 2 is 1.33 bits per heavy atom. The predicted molar refractivity (Wildman–Crippen MR) is 193 cm³/mol. The Labute approximate surface area is 296 Å². The second-order valence-electron chi connectivity index (χ2n) is 12.8. The zero-order chi connectivity index (χ0) is 32.0. The number of phenolic OH excluding ortho intramolecular Hbond substituents is 1. The maximum absolute atomic E-state index is 11.3. The minimum absolute atomic E-state index is 0. The second kappa shape index (κ2) is 13.2. The van der Waals surface area contributed by atoms with Gasteiger partial charge in [0.1, 0.15) is 5.75 Å². The van der Waals surface area contributed by atoms with Gasteiger partial charge in [0.25, 0.3) is 0 Å². The van der Waals surface area contributed by atoms with Gasteiger partial charge in [-0.2, -0.15) is 0 Å². The van der Waals surface area contributed by atoms with Crippen LogP contribution in [0.15, 0.2) is 115 Å². The number of hydrogen-bond acceptors (Lipinski definition) is 3. The fourth-order valence-electron chi connectivity index (χ4n) is 7.82. The molecule has 3 aromatic heterocycles. The number of para-hydroxylation sites is 2. The first-order valence-electron chi connectivity index (χ1n) is 16.9. The summed E-state index contributed by atoms with van der Waals surface area (Å²) in [6, 6.07) is 41.7. The molecular formula is C43H38N3OPt-. The minimum Gasteiger partial charge on any atom is -0.507 e. The van der Waals surface area contributed by atoms with E-state index in [9.17, 15) is 5.11 Å². The predicted octanol–water partition coefficient (Wildman–Crippen LogP) is 11.1. The average molecular weight is 808 g/mol. The second-order valence-corrected chi connectivity index (χ2v) is 12.8. The Bertz CT molecular complexity index is 2190. The Kier molecular flexibility index (Phi) is 8.79. The molecule has 1 aliphatic rings. The zero-order valence-corrected chi connectivity index (χ0v) is 29.6. The van der Waals surface area contributed by atoms with Gasteiger partial charge in [0.05, 0.1) is 16.7 Å². The molecular weight excluding hydrogens is 770 g/mol. The molecule has 0 saturated carbocycles. The van der Waals surface area contributed by atoms with Crippen molar-refractivity contribution >= 4 is 21.8 Å². The number of hydrogen-bond donors (Lipinski definition) is 1. The van der Waals surface area contributed by atoms with Crippen molar-refractivity contribution in [1.82, 2.24) is 14.5 Å². The molecule has 4 nitrogen and oxygen atoms in total. The first-order chi connectivity index (χ1) is 23.1. The van der Waals surface area contributed by atoms with Gasteiger partial charge in [-0.1, -0.05) is 123 Å². The summed E-state index contributed by atoms with van der Waals surface area (Å²) >= 11 is 0. The van der Waals surface area contributed by atoms with Crippen LogP contribution >= 0.6 is 0 Å². The van der Waals surface area contributed by atoms with Crippen LogP contribution in [0.3, 0.4) is 0 Å². The molecule has 8 rings (SSSR count). The van der Waals surface area contributed by atoms with Crippen LogP contribution in [-0.2, 0) is 26.5 Å². The summed E-state index contributed by atoms with van der Waals surface area (Å²) in [6.07, 6.45) is 8.44. The Morgan fingerprint density at radius 3 is 1.98 bits per heavy atom. The SMILES string of the molecule is CCCCC1(CCCC)c2ccc(-c3[c-]c(-c4ccccn4)cc(-n4c5ccccc5c5ccccc54)c3)nc2-c2c(O)cccc21.[Pt]. The number of aromatic nitrogens is 3. The van der Waals surface area contributed by atoms with Crippen molar-refractivity contribution in [3.8, 4) is 45.2 Å². The number of unbranched alkanes of at least 4 members (excludes halogenated alkanes) is 2. The topological polar surface area (TPSA) is 50.9 Å². The van der Waals surface area contributed by atoms with Crippen molar-refractivity contribution in [2.24, 2.45) is 0 Å². The molecule has 0 amide bonds. The fraction of sp³-hybridized carbons (Fsp3) is 0.209. The molecule has 0 aliphatic heterocycles. The van der Waals surface area contributed by atoms with Gasteiger partial charge < -0.3 is 9.67 Å². The van der Waals surface area contributed by atoms with E-state index >= 15 is 0 Å². The van der Waals surface area contributed by atoms with Crippen molar-refractivity contribution < 1.29 is 26.2 Å². The molecule has 0 fully saturated rings. The molecule has 0 atom stereocenters. The van der Waals surface area contributed by atoms with E-state index in [1.165, 1.54) is 21.9 Å². The van der Waals surface area contributed by atoms with E-state index in [1.807, 2.05) is 30.5 Å². The van der Waals surface area contributed by atoms with Gasteiger partial charge in [0.15, 0.2) is 0 Å². The van der Waals surface area contributed by atoms with Crippen molar-refractivity contribution in [3.63, 3.8) is 0 Å². The normalized spacial score (nSPS) is 13.0. The van der Waals surface area contributed by atoms with Crippen molar-refractivity contribution in [2.45, 2.75) is 57.8 Å². The monoisotopic (exact) mass is 807 g/mol. The summed E-state index contributed by atoms with van der Waals surface area (Å²) in [4.78, 5) is 10.1. The van der Waals surface area contributed by atoms with Gasteiger partial charge in [0.2, 0.25) is 0 Å². The van der Waals surface area contributed by atoms with E-state index in [4.69, 9.17) is 9.97 Å². The molecule has 0 spiro atoms. The summed E-state index contributed by atoms with van der Waals surface area (Å²) < 4.78 is 2.34. The summed E-state index contributed by atoms with van der Waals surface area (Å²) in [7, 11) is 0. The largest absolute Gasteiger partial charge is 0.507 e. The number of benzene rings is 4. The molecule has 0 radical (unpaired) electrons. The molecule has 0 saturated heterocycles. The molecule has 1 aliphatic carbocycles. The third-order valence-electron chi connectivity index (χ3n) is 10.0. The fourth-order valence-corrected chi connectivity index (χ4v) is 7.82. The van der Waals surface area contributed by atoms with E-state index in [1.54, 1.807) is 6.07 Å². The van der Waals surface area contributed by atoms with Gasteiger partial charge in [-0.15, -0.1) is 18.2 Å². The van der Waals surface area contributed by atoms with E-state index in [0.29, 0.717) is 5.75 Å². The van der Waals surface area contributed by atoms with Crippen LogP contribution in [0, 0.1) is 6.07 Å². The zero-order valence-electron chi connectivity index (χ0n) is 27.3. The van der Waals surface area contributed by atoms with Crippen LogP contribution in [0.25, 0.3) is 61.3 Å². The van der Waals surface area contributed by atoms with Crippen LogP contribution in [-0.4, -0.2) is 19.6 Å². The number of phenols is 1. The summed E-state index contributed by atoms with van der Waals surface area (Å²) in [5, 5.41) is 13.8. The molecule has 7 aromatic rings. The molecule has 5 heteroatoms. The number of aromatic hydroxyl groups is 1. The van der Waals surface area contributed by atoms with Crippen LogP contribution in [0.2, 0.25) is 0 Å². The first-order valence-corrected chi connectivity index (χ1v) is 16.9. The van der Waals surface area contributed by atoms with Crippen LogP contribution in [0.5, 0.6) is 5.75 Å². The molecule has 242 valence electrons. The number of fused-ring (bicyclic) bond motifs is 6. The van der Waals surface area contributed by atoms with E-state index in [0.717, 1.165) is 89.0 Å². The maximum Gasteiger partial charge on any atom is 0.125 e. The van der Waals surface area contributed by atoms with E-state index in [2.05, 4.69) is 103 Å². The quantitative estimate of drug-likeness (QED) is 0.148. The molecule has 4 aromatic carbocycles. The third kappa shape index (κ3) is 5.18. The number of rotatable bonds is 9. The van der Waals surface area contributed by atoms with Gasteiger partial charge in [-0.3, -0.25) is 9.97 Å². The van der Waals surface area contributed by atoms with E-state index in [-0.39, 0.29) is 26.5 Å². The Balaban J connectivity index is 0.00000364. The van der Waals surface area contributed by atoms with E-state index < -0.39 is 0 Å². The van der Waals surface area contributed by atoms with Gasteiger partial charge in [0, 0.05) is 60.4 Å².